The van der Waals surface area contributed by atoms with Gasteiger partial charge in [-0.15, -0.1) is 0 Å². The second kappa shape index (κ2) is 15.5. The van der Waals surface area contributed by atoms with E-state index in [1.54, 1.807) is 24.3 Å². The van der Waals surface area contributed by atoms with E-state index in [4.69, 9.17) is 0 Å². The summed E-state index contributed by atoms with van der Waals surface area (Å²) in [7, 11) is -2.47. The lowest BCUT2D eigenvalue weighted by Crippen LogP contribution is -2.52. The molecule has 16 nitrogen and oxygen atoms in total. The summed E-state index contributed by atoms with van der Waals surface area (Å²) >= 11 is 0. The summed E-state index contributed by atoms with van der Waals surface area (Å²) in [6, 6.07) is 9.54. The van der Waals surface area contributed by atoms with E-state index >= 15 is 4.39 Å². The maximum atomic E-state index is 15.8. The molecule has 4 aromatic rings. The lowest BCUT2D eigenvalue weighted by Gasteiger charge is -2.36. The van der Waals surface area contributed by atoms with Gasteiger partial charge in [-0.3, -0.25) is 33.9 Å². The van der Waals surface area contributed by atoms with Crippen molar-refractivity contribution in [1.29, 1.82) is 0 Å². The van der Waals surface area contributed by atoms with Gasteiger partial charge in [0.2, 0.25) is 27.8 Å². The summed E-state index contributed by atoms with van der Waals surface area (Å²) in [6.45, 7) is 2.46. The first kappa shape index (κ1) is 39.3. The van der Waals surface area contributed by atoms with Crippen LogP contribution < -0.4 is 25.2 Å². The van der Waals surface area contributed by atoms with Gasteiger partial charge in [-0.1, -0.05) is 6.07 Å². The van der Waals surface area contributed by atoms with Crippen LogP contribution in [0.4, 0.5) is 46.5 Å². The molecule has 3 amide bonds. The topological polar surface area (TPSA) is 186 Å². The monoisotopic (exact) mass is 811 g/mol. The molecule has 0 spiro atoms. The summed E-state index contributed by atoms with van der Waals surface area (Å²) in [5, 5.41) is 7.78. The third-order valence-electron chi connectivity index (χ3n) is 10.0. The number of hydrogen-bond acceptors (Lipinski definition) is 13. The number of amides is 3. The van der Waals surface area contributed by atoms with E-state index in [1.165, 1.54) is 24.3 Å². The van der Waals surface area contributed by atoms with Crippen LogP contribution in [0.2, 0.25) is 0 Å². The first-order valence-electron chi connectivity index (χ1n) is 17.8. The number of sulfonamides is 1. The third-order valence-corrected chi connectivity index (χ3v) is 11.2. The molecule has 7 rings (SSSR count). The van der Waals surface area contributed by atoms with Gasteiger partial charge in [-0.25, -0.2) is 22.8 Å². The number of piperidine rings is 1. The minimum atomic E-state index is -4.79. The Balaban J connectivity index is 0.960. The SMILES string of the molecule is CN(c1nccnc1CNc1nc(Nc2ccc(N3CCN(Cc4ccc5c(c4F)CN(C4CCC(=O)NC4=O)C5=O)CC3)cc2)ncc1C(F)(F)F)S(C)(=O)=O. The minimum Gasteiger partial charge on any atom is -0.369 e. The number of benzene rings is 2. The molecule has 0 radical (unpaired) electrons. The van der Waals surface area contributed by atoms with Gasteiger partial charge in [0, 0.05) is 92.8 Å². The molecule has 3 aliphatic heterocycles. The van der Waals surface area contributed by atoms with Gasteiger partial charge in [0.15, 0.2) is 5.82 Å². The number of nitrogens with one attached hydrogen (secondary N) is 3. The summed E-state index contributed by atoms with van der Waals surface area (Å²) in [5.41, 5.74) is 1.27. The normalized spacial score (nSPS) is 17.7. The molecule has 2 saturated heterocycles. The molecule has 3 aliphatic rings. The van der Waals surface area contributed by atoms with Crippen molar-refractivity contribution in [3.05, 3.63) is 88.8 Å². The number of alkyl halides is 3. The third kappa shape index (κ3) is 8.43. The predicted molar refractivity (Wildman–Crippen MR) is 199 cm³/mol. The van der Waals surface area contributed by atoms with Crippen LogP contribution in [0.1, 0.15) is 45.6 Å². The number of imide groups is 1. The van der Waals surface area contributed by atoms with Crippen LogP contribution >= 0.6 is 0 Å². The Morgan fingerprint density at radius 3 is 2.39 bits per heavy atom. The fourth-order valence-electron chi connectivity index (χ4n) is 6.92. The van der Waals surface area contributed by atoms with Crippen molar-refractivity contribution in [2.24, 2.45) is 0 Å². The molecular weight excluding hydrogens is 775 g/mol. The minimum absolute atomic E-state index is 0.0422. The number of hydrogen-bond donors (Lipinski definition) is 3. The van der Waals surface area contributed by atoms with Crippen molar-refractivity contribution in [3.8, 4) is 0 Å². The first-order chi connectivity index (χ1) is 27.1. The van der Waals surface area contributed by atoms with E-state index in [9.17, 15) is 36.0 Å². The average Bonchev–Trinajstić information content (AvgIpc) is 3.51. The van der Waals surface area contributed by atoms with E-state index < -0.39 is 57.2 Å². The maximum Gasteiger partial charge on any atom is 0.421 e. The number of rotatable bonds is 11. The lowest BCUT2D eigenvalue weighted by molar-refractivity contribution is -0.138. The van der Waals surface area contributed by atoms with Gasteiger partial charge < -0.3 is 20.4 Å². The molecule has 0 aliphatic carbocycles. The maximum absolute atomic E-state index is 15.8. The Labute approximate surface area is 324 Å². The molecule has 300 valence electrons. The molecule has 2 aromatic carbocycles. The molecule has 57 heavy (non-hydrogen) atoms. The van der Waals surface area contributed by atoms with Crippen LogP contribution in [0, 0.1) is 5.82 Å². The second-order valence-electron chi connectivity index (χ2n) is 13.8. The molecule has 0 bridgehead atoms. The Bertz CT molecular complexity index is 2320. The molecule has 1 unspecified atom stereocenters. The zero-order valence-electron chi connectivity index (χ0n) is 30.7. The van der Waals surface area contributed by atoms with Crippen molar-refractivity contribution in [2.75, 3.05) is 59.3 Å². The van der Waals surface area contributed by atoms with Crippen LogP contribution in [-0.2, 0) is 45.4 Å². The number of fused-ring (bicyclic) bond motifs is 1. The zero-order chi connectivity index (χ0) is 40.6. The number of aromatic nitrogens is 4. The van der Waals surface area contributed by atoms with Crippen molar-refractivity contribution >= 4 is 56.7 Å². The highest BCUT2D eigenvalue weighted by molar-refractivity contribution is 7.92. The molecule has 2 aromatic heterocycles. The fraction of sp³-hybridized carbons (Fsp3) is 0.361. The van der Waals surface area contributed by atoms with E-state index in [1.807, 2.05) is 12.1 Å². The van der Waals surface area contributed by atoms with Gasteiger partial charge >= 0.3 is 6.18 Å². The summed E-state index contributed by atoms with van der Waals surface area (Å²) in [5.74, 6) is -2.57. The van der Waals surface area contributed by atoms with Gasteiger partial charge in [-0.05, 0) is 36.8 Å². The van der Waals surface area contributed by atoms with Gasteiger partial charge in [0.05, 0.1) is 19.3 Å². The Morgan fingerprint density at radius 1 is 0.982 bits per heavy atom. The largest absolute Gasteiger partial charge is 0.421 e. The quantitative estimate of drug-likeness (QED) is 0.148. The number of piperazine rings is 1. The highest BCUT2D eigenvalue weighted by Crippen LogP contribution is 2.35. The van der Waals surface area contributed by atoms with E-state index in [0.29, 0.717) is 50.2 Å². The van der Waals surface area contributed by atoms with Crippen LogP contribution in [0.5, 0.6) is 0 Å². The Hall–Kier alpha value is -5.96. The molecule has 2 fully saturated rings. The average molecular weight is 812 g/mol. The molecule has 1 atom stereocenters. The summed E-state index contributed by atoms with van der Waals surface area (Å²) in [4.78, 5) is 58.6. The second-order valence-corrected chi connectivity index (χ2v) is 15.8. The lowest BCUT2D eigenvalue weighted by atomic mass is 10.0. The van der Waals surface area contributed by atoms with E-state index in [2.05, 4.69) is 45.7 Å². The highest BCUT2D eigenvalue weighted by Gasteiger charge is 2.41. The first-order valence-corrected chi connectivity index (χ1v) is 19.6. The van der Waals surface area contributed by atoms with Crippen LogP contribution in [0.3, 0.4) is 0 Å². The predicted octanol–water partition coefficient (Wildman–Crippen LogP) is 3.26. The number of nitrogens with zero attached hydrogens (tertiary/aromatic N) is 8. The number of halogens is 4. The zero-order valence-corrected chi connectivity index (χ0v) is 31.5. The number of carbonyl (C=O) groups is 3. The van der Waals surface area contributed by atoms with Gasteiger partial charge in [0.1, 0.15) is 28.9 Å². The van der Waals surface area contributed by atoms with Gasteiger partial charge in [0.25, 0.3) is 5.91 Å². The van der Waals surface area contributed by atoms with Crippen molar-refractivity contribution in [2.45, 2.75) is 44.7 Å². The van der Waals surface area contributed by atoms with Crippen LogP contribution in [0.15, 0.2) is 55.0 Å². The molecule has 3 N–H and O–H groups in total. The summed E-state index contributed by atoms with van der Waals surface area (Å²) in [6.07, 6.45) is -0.313. The fourth-order valence-corrected chi connectivity index (χ4v) is 7.39. The van der Waals surface area contributed by atoms with E-state index in [0.717, 1.165) is 16.2 Å². The standard InChI is InChI=1S/C36H37F4N11O5S/c1-48(57(2,55)56)32-27(41-11-12-42-32)18-43-31-26(36(38,39)40)17-44-35(47-31)45-22-4-6-23(7-5-22)50-15-13-49(14-16-50)19-21-3-8-24-25(30(21)37)20-51(34(24)54)28-9-10-29(52)46-33(28)53/h3-8,11-12,17,28H,9-10,13-16,18-20H2,1-2H3,(H,46,52,53)(H2,43,44,45,47). The smallest absolute Gasteiger partial charge is 0.369 e. The Morgan fingerprint density at radius 2 is 1.70 bits per heavy atom. The number of anilines is 5. The van der Waals surface area contributed by atoms with Crippen LogP contribution in [0.25, 0.3) is 0 Å². The van der Waals surface area contributed by atoms with Crippen LogP contribution in [-0.4, -0.2) is 101 Å². The molecule has 0 saturated carbocycles. The highest BCUT2D eigenvalue weighted by atomic mass is 32.2. The molecule has 5 heterocycles. The van der Waals surface area contributed by atoms with Gasteiger partial charge in [-0.2, -0.15) is 18.2 Å². The molecule has 21 heteroatoms. The molecular formula is C36H37F4N11O5S. The van der Waals surface area contributed by atoms with Crippen molar-refractivity contribution in [1.82, 2.24) is 35.1 Å². The summed E-state index contributed by atoms with van der Waals surface area (Å²) < 4.78 is 82.5. The number of carbonyl (C=O) groups excluding carboxylic acids is 3. The van der Waals surface area contributed by atoms with Crippen molar-refractivity contribution in [3.63, 3.8) is 0 Å². The van der Waals surface area contributed by atoms with Crippen molar-refractivity contribution < 1.29 is 40.4 Å². The Kier molecular flexibility index (Phi) is 10.7. The van der Waals surface area contributed by atoms with E-state index in [-0.39, 0.29) is 54.5 Å².